The molecular weight excluding hydrogens is 396 g/mol. The van der Waals surface area contributed by atoms with Crippen molar-refractivity contribution in [3.63, 3.8) is 0 Å². The zero-order valence-corrected chi connectivity index (χ0v) is 16.1. The third-order valence-electron chi connectivity index (χ3n) is 4.57. The number of hydrogen-bond acceptors (Lipinski definition) is 8. The van der Waals surface area contributed by atoms with Crippen molar-refractivity contribution >= 4 is 22.4 Å². The van der Waals surface area contributed by atoms with Crippen LogP contribution < -0.4 is 0 Å². The molecule has 1 atom stereocenters. The summed E-state index contributed by atoms with van der Waals surface area (Å²) < 4.78 is 31.2. The van der Waals surface area contributed by atoms with E-state index in [1.165, 1.54) is 23.0 Å². The maximum atomic E-state index is 15.1. The number of halogens is 2. The lowest BCUT2D eigenvalue weighted by molar-refractivity contribution is 0.0986. The topological polar surface area (TPSA) is 111 Å². The standard InChI is InChI=1S/C19H17F2N7O2/c1-10(16-13(20)8-14-12(17(16)21)4-3-5-22-14)18-24-25-19-23-9-15(26-28(18)19)11(2)27-30-7-6-29/h3-5,8-10,29H,6-7H2,1-2H3/b27-11+. The van der Waals surface area contributed by atoms with Gasteiger partial charge in [-0.05, 0) is 19.1 Å². The summed E-state index contributed by atoms with van der Waals surface area (Å²) in [6, 6.07) is 4.32. The Morgan fingerprint density at radius 2 is 2.13 bits per heavy atom. The van der Waals surface area contributed by atoms with Gasteiger partial charge < -0.3 is 9.94 Å². The largest absolute Gasteiger partial charge is 0.393 e. The Morgan fingerprint density at radius 3 is 2.93 bits per heavy atom. The number of benzene rings is 1. The van der Waals surface area contributed by atoms with Gasteiger partial charge in [0, 0.05) is 29.1 Å². The van der Waals surface area contributed by atoms with E-state index in [9.17, 15) is 4.39 Å². The Balaban J connectivity index is 1.79. The number of aliphatic hydroxyl groups excluding tert-OH is 1. The summed E-state index contributed by atoms with van der Waals surface area (Å²) in [5.41, 5.74) is 0.830. The summed E-state index contributed by atoms with van der Waals surface area (Å²) in [7, 11) is 0. The molecule has 0 spiro atoms. The van der Waals surface area contributed by atoms with Crippen LogP contribution in [0.5, 0.6) is 0 Å². The van der Waals surface area contributed by atoms with E-state index in [0.29, 0.717) is 11.4 Å². The fraction of sp³-hybridized carbons (Fsp3) is 0.263. The van der Waals surface area contributed by atoms with Crippen LogP contribution >= 0.6 is 0 Å². The molecule has 1 N–H and O–H groups in total. The number of fused-ring (bicyclic) bond motifs is 2. The van der Waals surface area contributed by atoms with Gasteiger partial charge in [0.1, 0.15) is 29.6 Å². The molecule has 0 bridgehead atoms. The van der Waals surface area contributed by atoms with Crippen molar-refractivity contribution in [2.75, 3.05) is 13.2 Å². The number of pyridine rings is 1. The van der Waals surface area contributed by atoms with Crippen LogP contribution in [0.15, 0.2) is 35.7 Å². The fourth-order valence-corrected chi connectivity index (χ4v) is 3.07. The van der Waals surface area contributed by atoms with Crippen LogP contribution in [-0.2, 0) is 4.84 Å². The maximum Gasteiger partial charge on any atom is 0.271 e. The normalized spacial score (nSPS) is 13.2. The van der Waals surface area contributed by atoms with E-state index in [-0.39, 0.29) is 41.3 Å². The molecule has 0 radical (unpaired) electrons. The lowest BCUT2D eigenvalue weighted by Crippen LogP contribution is -2.12. The Hall–Kier alpha value is -3.60. The molecule has 154 valence electrons. The van der Waals surface area contributed by atoms with Crippen molar-refractivity contribution in [2.45, 2.75) is 19.8 Å². The second-order valence-electron chi connectivity index (χ2n) is 6.52. The Morgan fingerprint density at radius 1 is 1.30 bits per heavy atom. The van der Waals surface area contributed by atoms with Crippen molar-refractivity contribution < 1.29 is 18.7 Å². The van der Waals surface area contributed by atoms with Crippen LogP contribution in [0, 0.1) is 11.6 Å². The summed E-state index contributed by atoms with van der Waals surface area (Å²) >= 11 is 0. The first-order valence-electron chi connectivity index (χ1n) is 9.10. The van der Waals surface area contributed by atoms with Crippen LogP contribution in [0.1, 0.15) is 36.8 Å². The van der Waals surface area contributed by atoms with Crippen LogP contribution in [-0.4, -0.2) is 53.8 Å². The number of rotatable bonds is 6. The van der Waals surface area contributed by atoms with Gasteiger partial charge in [0.2, 0.25) is 0 Å². The smallest absolute Gasteiger partial charge is 0.271 e. The van der Waals surface area contributed by atoms with E-state index < -0.39 is 17.6 Å². The molecule has 0 saturated heterocycles. The zero-order valence-electron chi connectivity index (χ0n) is 16.1. The van der Waals surface area contributed by atoms with E-state index in [1.807, 2.05) is 0 Å². The molecular formula is C19H17F2N7O2. The zero-order chi connectivity index (χ0) is 21.3. The van der Waals surface area contributed by atoms with E-state index >= 15 is 4.39 Å². The molecule has 4 aromatic rings. The highest BCUT2D eigenvalue weighted by Gasteiger charge is 2.25. The Bertz CT molecular complexity index is 1260. The molecule has 0 aliphatic rings. The van der Waals surface area contributed by atoms with Gasteiger partial charge in [0.05, 0.1) is 18.3 Å². The third kappa shape index (κ3) is 3.43. The first-order chi connectivity index (χ1) is 14.5. The summed E-state index contributed by atoms with van der Waals surface area (Å²) in [6.07, 6.45) is 2.91. The van der Waals surface area contributed by atoms with Gasteiger partial charge in [-0.1, -0.05) is 12.1 Å². The van der Waals surface area contributed by atoms with Crippen molar-refractivity contribution in [3.05, 3.63) is 59.3 Å². The minimum atomic E-state index is -0.808. The van der Waals surface area contributed by atoms with Crippen molar-refractivity contribution in [3.8, 4) is 0 Å². The molecule has 0 aliphatic carbocycles. The summed E-state index contributed by atoms with van der Waals surface area (Å²) in [5.74, 6) is -1.86. The first-order valence-corrected chi connectivity index (χ1v) is 9.10. The predicted molar refractivity (Wildman–Crippen MR) is 103 cm³/mol. The van der Waals surface area contributed by atoms with Crippen molar-refractivity contribution in [1.29, 1.82) is 0 Å². The highest BCUT2D eigenvalue weighted by Crippen LogP contribution is 2.31. The number of oxime groups is 1. The predicted octanol–water partition coefficient (Wildman–Crippen LogP) is 2.23. The minimum Gasteiger partial charge on any atom is -0.393 e. The van der Waals surface area contributed by atoms with Gasteiger partial charge in [0.25, 0.3) is 5.78 Å². The first kappa shape index (κ1) is 19.7. The number of nitrogens with zero attached hydrogens (tertiary/aromatic N) is 7. The number of aliphatic hydroxyl groups is 1. The lowest BCUT2D eigenvalue weighted by atomic mass is 9.97. The fourth-order valence-electron chi connectivity index (χ4n) is 3.07. The number of aromatic nitrogens is 6. The molecule has 1 aromatic carbocycles. The second-order valence-corrected chi connectivity index (χ2v) is 6.52. The van der Waals surface area contributed by atoms with Crippen LogP contribution in [0.4, 0.5) is 8.78 Å². The van der Waals surface area contributed by atoms with E-state index in [2.05, 4.69) is 30.4 Å². The molecule has 0 aliphatic heterocycles. The monoisotopic (exact) mass is 413 g/mol. The molecule has 0 fully saturated rings. The second kappa shape index (κ2) is 8.03. The van der Waals surface area contributed by atoms with E-state index in [4.69, 9.17) is 9.94 Å². The molecule has 11 heteroatoms. The van der Waals surface area contributed by atoms with Crippen LogP contribution in [0.3, 0.4) is 0 Å². The molecule has 9 nitrogen and oxygen atoms in total. The van der Waals surface area contributed by atoms with E-state index in [1.54, 1.807) is 26.0 Å². The van der Waals surface area contributed by atoms with Gasteiger partial charge in [0.15, 0.2) is 5.82 Å². The molecule has 0 saturated carbocycles. The average Bonchev–Trinajstić information content (AvgIpc) is 3.17. The summed E-state index contributed by atoms with van der Waals surface area (Å²) in [4.78, 5) is 13.1. The minimum absolute atomic E-state index is 0.0390. The third-order valence-corrected chi connectivity index (χ3v) is 4.57. The summed E-state index contributed by atoms with van der Waals surface area (Å²) in [6.45, 7) is 3.13. The Kier molecular flexibility index (Phi) is 5.27. The van der Waals surface area contributed by atoms with Gasteiger partial charge in [-0.2, -0.15) is 9.61 Å². The van der Waals surface area contributed by atoms with Crippen LogP contribution in [0.2, 0.25) is 0 Å². The van der Waals surface area contributed by atoms with E-state index in [0.717, 1.165) is 0 Å². The highest BCUT2D eigenvalue weighted by atomic mass is 19.1. The maximum absolute atomic E-state index is 15.1. The molecule has 1 unspecified atom stereocenters. The average molecular weight is 413 g/mol. The van der Waals surface area contributed by atoms with Crippen molar-refractivity contribution in [1.82, 2.24) is 29.8 Å². The lowest BCUT2D eigenvalue weighted by Gasteiger charge is -2.13. The molecule has 3 heterocycles. The molecule has 4 rings (SSSR count). The molecule has 3 aromatic heterocycles. The summed E-state index contributed by atoms with van der Waals surface area (Å²) in [5, 5.41) is 25.2. The van der Waals surface area contributed by atoms with Gasteiger partial charge in [-0.25, -0.2) is 13.8 Å². The SMILES string of the molecule is C/C(=N\OCCO)c1cnc2nnc(C(C)c3c(F)cc4ncccc4c3F)n2n1. The molecule has 30 heavy (non-hydrogen) atoms. The van der Waals surface area contributed by atoms with Gasteiger partial charge in [-0.15, -0.1) is 10.2 Å². The number of hydrogen-bond donors (Lipinski definition) is 1. The van der Waals surface area contributed by atoms with Crippen LogP contribution in [0.25, 0.3) is 16.7 Å². The Labute approximate surface area is 169 Å². The highest BCUT2D eigenvalue weighted by molar-refractivity contribution is 5.96. The van der Waals surface area contributed by atoms with Crippen molar-refractivity contribution in [2.24, 2.45) is 5.16 Å². The van der Waals surface area contributed by atoms with Gasteiger partial charge in [-0.3, -0.25) is 4.98 Å². The molecule has 0 amide bonds. The quantitative estimate of drug-likeness (QED) is 0.293. The van der Waals surface area contributed by atoms with Gasteiger partial charge >= 0.3 is 0 Å².